The van der Waals surface area contributed by atoms with E-state index in [4.69, 9.17) is 0 Å². The molecule has 2 rings (SSSR count). The molecule has 1 unspecified atom stereocenters. The van der Waals surface area contributed by atoms with Gasteiger partial charge in [-0.3, -0.25) is 0 Å². The summed E-state index contributed by atoms with van der Waals surface area (Å²) in [4.78, 5) is 0. The van der Waals surface area contributed by atoms with E-state index in [1.54, 1.807) is 0 Å². The predicted molar refractivity (Wildman–Crippen MR) is 56.9 cm³/mol. The number of aliphatic hydroxyl groups is 1. The fourth-order valence-electron chi connectivity index (χ4n) is 2.06. The fourth-order valence-corrected chi connectivity index (χ4v) is 2.44. The van der Waals surface area contributed by atoms with E-state index in [1.807, 2.05) is 0 Å². The molecular formula is C11H13BrO. The van der Waals surface area contributed by atoms with Gasteiger partial charge in [0.15, 0.2) is 0 Å². The summed E-state index contributed by atoms with van der Waals surface area (Å²) in [6.45, 7) is 0.281. The normalized spacial score (nSPS) is 21.2. The van der Waals surface area contributed by atoms with E-state index in [0.717, 1.165) is 10.9 Å². The van der Waals surface area contributed by atoms with Gasteiger partial charge in [-0.1, -0.05) is 22.0 Å². The van der Waals surface area contributed by atoms with Crippen LogP contribution in [0.2, 0.25) is 0 Å². The van der Waals surface area contributed by atoms with Gasteiger partial charge in [0.25, 0.3) is 0 Å². The third-order valence-electron chi connectivity index (χ3n) is 2.77. The number of rotatable bonds is 1. The van der Waals surface area contributed by atoms with Gasteiger partial charge < -0.3 is 5.11 Å². The highest BCUT2D eigenvalue weighted by atomic mass is 79.9. The highest BCUT2D eigenvalue weighted by Gasteiger charge is 2.19. The van der Waals surface area contributed by atoms with Gasteiger partial charge >= 0.3 is 0 Å². The number of hydrogen-bond acceptors (Lipinski definition) is 1. The molecule has 2 heteroatoms. The van der Waals surface area contributed by atoms with Crippen LogP contribution in [-0.2, 0) is 6.42 Å². The summed E-state index contributed by atoms with van der Waals surface area (Å²) in [5, 5.41) is 9.21. The van der Waals surface area contributed by atoms with Crippen molar-refractivity contribution in [2.75, 3.05) is 6.61 Å². The summed E-state index contributed by atoms with van der Waals surface area (Å²) in [6, 6.07) is 6.40. The topological polar surface area (TPSA) is 20.2 Å². The number of aliphatic hydroxyl groups excluding tert-OH is 1. The molecule has 1 atom stereocenters. The van der Waals surface area contributed by atoms with Crippen LogP contribution in [0.4, 0.5) is 0 Å². The van der Waals surface area contributed by atoms with E-state index in [1.165, 1.54) is 24.0 Å². The lowest BCUT2D eigenvalue weighted by Crippen LogP contribution is -2.12. The van der Waals surface area contributed by atoms with E-state index in [-0.39, 0.29) is 6.61 Å². The van der Waals surface area contributed by atoms with Crippen molar-refractivity contribution >= 4 is 15.9 Å². The molecule has 0 fully saturated rings. The van der Waals surface area contributed by atoms with Crippen LogP contribution in [0.15, 0.2) is 22.7 Å². The zero-order valence-corrected chi connectivity index (χ0v) is 9.05. The van der Waals surface area contributed by atoms with E-state index >= 15 is 0 Å². The molecule has 1 nitrogen and oxygen atoms in total. The van der Waals surface area contributed by atoms with E-state index < -0.39 is 0 Å². The van der Waals surface area contributed by atoms with Gasteiger partial charge in [0.2, 0.25) is 0 Å². The maximum Gasteiger partial charge on any atom is 0.0499 e. The lowest BCUT2D eigenvalue weighted by molar-refractivity contribution is 0.253. The zero-order chi connectivity index (χ0) is 9.26. The third kappa shape index (κ3) is 1.79. The van der Waals surface area contributed by atoms with Crippen LogP contribution >= 0.6 is 15.9 Å². The average Bonchev–Trinajstić information content (AvgIpc) is 2.17. The van der Waals surface area contributed by atoms with Crippen LogP contribution in [0.25, 0.3) is 0 Å². The number of hydrogen-bond donors (Lipinski definition) is 1. The molecule has 0 heterocycles. The number of benzene rings is 1. The first-order valence-corrected chi connectivity index (χ1v) is 5.49. The van der Waals surface area contributed by atoms with Crippen LogP contribution in [0.5, 0.6) is 0 Å². The predicted octanol–water partition coefficient (Wildman–Crippen LogP) is 2.86. The zero-order valence-electron chi connectivity index (χ0n) is 7.46. The molecule has 1 aliphatic rings. The maximum absolute atomic E-state index is 9.21. The fraction of sp³-hybridized carbons (Fsp3) is 0.455. The molecule has 0 amide bonds. The summed E-state index contributed by atoms with van der Waals surface area (Å²) >= 11 is 3.47. The Balaban J connectivity index is 2.41. The van der Waals surface area contributed by atoms with Crippen LogP contribution in [-0.4, -0.2) is 11.7 Å². The van der Waals surface area contributed by atoms with E-state index in [2.05, 4.69) is 34.1 Å². The summed E-state index contributed by atoms with van der Waals surface area (Å²) in [6.07, 6.45) is 3.50. The van der Waals surface area contributed by atoms with Crippen molar-refractivity contribution in [3.8, 4) is 0 Å². The Morgan fingerprint density at radius 2 is 2.31 bits per heavy atom. The van der Waals surface area contributed by atoms with Crippen molar-refractivity contribution in [1.29, 1.82) is 0 Å². The Morgan fingerprint density at radius 1 is 1.46 bits per heavy atom. The molecule has 1 aliphatic carbocycles. The molecule has 1 aromatic rings. The second-order valence-corrected chi connectivity index (χ2v) is 4.53. The first-order chi connectivity index (χ1) is 6.31. The second kappa shape index (κ2) is 3.81. The Labute approximate surface area is 86.9 Å². The van der Waals surface area contributed by atoms with E-state index in [9.17, 15) is 5.11 Å². The largest absolute Gasteiger partial charge is 0.396 e. The van der Waals surface area contributed by atoms with Gasteiger partial charge in [-0.05, 0) is 42.5 Å². The lowest BCUT2D eigenvalue weighted by atomic mass is 9.83. The van der Waals surface area contributed by atoms with E-state index in [0.29, 0.717) is 5.92 Å². The number of fused-ring (bicyclic) bond motifs is 1. The van der Waals surface area contributed by atoms with Crippen molar-refractivity contribution in [1.82, 2.24) is 0 Å². The SMILES string of the molecule is OCC1CCCc2ccc(Br)cc21. The molecule has 13 heavy (non-hydrogen) atoms. The molecule has 70 valence electrons. The molecule has 0 aromatic heterocycles. The van der Waals surface area contributed by atoms with Gasteiger partial charge in [0, 0.05) is 17.0 Å². The number of aryl methyl sites for hydroxylation is 1. The van der Waals surface area contributed by atoms with Gasteiger partial charge in [-0.15, -0.1) is 0 Å². The Bertz CT molecular complexity index is 309. The lowest BCUT2D eigenvalue weighted by Gasteiger charge is -2.23. The first-order valence-electron chi connectivity index (χ1n) is 4.70. The standard InChI is InChI=1S/C11H13BrO/c12-10-5-4-8-2-1-3-9(7-13)11(8)6-10/h4-6,9,13H,1-3,7H2. The maximum atomic E-state index is 9.21. The first kappa shape index (κ1) is 9.22. The monoisotopic (exact) mass is 240 g/mol. The third-order valence-corrected chi connectivity index (χ3v) is 3.26. The Hall–Kier alpha value is -0.340. The van der Waals surface area contributed by atoms with Crippen LogP contribution in [0.1, 0.15) is 29.9 Å². The summed E-state index contributed by atoms with van der Waals surface area (Å²) < 4.78 is 1.12. The molecular weight excluding hydrogens is 228 g/mol. The minimum atomic E-state index is 0.281. The van der Waals surface area contributed by atoms with Crippen molar-refractivity contribution in [2.45, 2.75) is 25.2 Å². The van der Waals surface area contributed by atoms with Crippen molar-refractivity contribution in [3.05, 3.63) is 33.8 Å². The molecule has 0 saturated carbocycles. The molecule has 0 bridgehead atoms. The van der Waals surface area contributed by atoms with Crippen molar-refractivity contribution in [2.24, 2.45) is 0 Å². The highest BCUT2D eigenvalue weighted by molar-refractivity contribution is 9.10. The van der Waals surface area contributed by atoms with Crippen LogP contribution in [0.3, 0.4) is 0 Å². The summed E-state index contributed by atoms with van der Waals surface area (Å²) in [5.41, 5.74) is 2.75. The van der Waals surface area contributed by atoms with Crippen molar-refractivity contribution in [3.63, 3.8) is 0 Å². The second-order valence-electron chi connectivity index (χ2n) is 3.61. The minimum Gasteiger partial charge on any atom is -0.396 e. The minimum absolute atomic E-state index is 0.281. The number of halogens is 1. The smallest absolute Gasteiger partial charge is 0.0499 e. The van der Waals surface area contributed by atoms with Gasteiger partial charge in [-0.25, -0.2) is 0 Å². The van der Waals surface area contributed by atoms with Crippen LogP contribution in [0, 0.1) is 0 Å². The Kier molecular flexibility index (Phi) is 2.70. The van der Waals surface area contributed by atoms with Gasteiger partial charge in [-0.2, -0.15) is 0 Å². The van der Waals surface area contributed by atoms with Crippen LogP contribution < -0.4 is 0 Å². The molecule has 0 spiro atoms. The molecule has 0 saturated heterocycles. The van der Waals surface area contributed by atoms with Crippen molar-refractivity contribution < 1.29 is 5.11 Å². The molecule has 1 aromatic carbocycles. The summed E-state index contributed by atoms with van der Waals surface area (Å²) in [7, 11) is 0. The molecule has 1 N–H and O–H groups in total. The highest BCUT2D eigenvalue weighted by Crippen LogP contribution is 2.32. The van der Waals surface area contributed by atoms with Gasteiger partial charge in [0.05, 0.1) is 0 Å². The Morgan fingerprint density at radius 3 is 3.08 bits per heavy atom. The quantitative estimate of drug-likeness (QED) is 0.801. The van der Waals surface area contributed by atoms with Gasteiger partial charge in [0.1, 0.15) is 0 Å². The molecule has 0 radical (unpaired) electrons. The molecule has 0 aliphatic heterocycles. The summed E-state index contributed by atoms with van der Waals surface area (Å²) in [5.74, 6) is 0.362. The average molecular weight is 241 g/mol.